The van der Waals surface area contributed by atoms with Crippen molar-refractivity contribution in [2.75, 3.05) is 39.8 Å². The largest absolute Gasteiger partial charge is 0.444 e. The summed E-state index contributed by atoms with van der Waals surface area (Å²) < 4.78 is 5.20. The highest BCUT2D eigenvalue weighted by Gasteiger charge is 2.18. The molecule has 0 bridgehead atoms. The maximum Gasteiger partial charge on any atom is 0.407 e. The Labute approximate surface area is 176 Å². The second kappa shape index (κ2) is 13.4. The van der Waals surface area contributed by atoms with Crippen molar-refractivity contribution >= 4 is 36.0 Å². The van der Waals surface area contributed by atoms with Gasteiger partial charge in [0.25, 0.3) is 0 Å². The van der Waals surface area contributed by atoms with Crippen molar-refractivity contribution in [1.82, 2.24) is 20.9 Å². The third kappa shape index (κ3) is 11.8. The predicted molar refractivity (Wildman–Crippen MR) is 119 cm³/mol. The van der Waals surface area contributed by atoms with E-state index in [9.17, 15) is 4.79 Å². The average molecular weight is 483 g/mol. The summed E-state index contributed by atoms with van der Waals surface area (Å²) in [6.07, 6.45) is 4.94. The van der Waals surface area contributed by atoms with Gasteiger partial charge in [-0.1, -0.05) is 12.8 Å². The molecule has 26 heavy (non-hydrogen) atoms. The highest BCUT2D eigenvalue weighted by molar-refractivity contribution is 14.0. The van der Waals surface area contributed by atoms with E-state index in [0.717, 1.165) is 31.6 Å². The Balaban J connectivity index is 0.00000625. The van der Waals surface area contributed by atoms with E-state index in [-0.39, 0.29) is 24.0 Å². The van der Waals surface area contributed by atoms with Gasteiger partial charge in [0.05, 0.1) is 6.54 Å². The van der Waals surface area contributed by atoms with Gasteiger partial charge in [0.1, 0.15) is 5.60 Å². The van der Waals surface area contributed by atoms with Gasteiger partial charge in [-0.15, -0.1) is 24.0 Å². The lowest BCUT2D eigenvalue weighted by Crippen LogP contribution is -2.43. The molecule has 0 unspecified atom stereocenters. The van der Waals surface area contributed by atoms with E-state index in [1.807, 2.05) is 27.7 Å². The number of likely N-dealkylation sites (N-methyl/N-ethyl adjacent to an activating group) is 1. The molecule has 1 amide bonds. The molecule has 0 atom stereocenters. The first-order chi connectivity index (χ1) is 11.8. The van der Waals surface area contributed by atoms with E-state index in [2.05, 4.69) is 32.9 Å². The second-order valence-corrected chi connectivity index (χ2v) is 7.53. The Bertz CT molecular complexity index is 420. The lowest BCUT2D eigenvalue weighted by Gasteiger charge is -2.23. The first-order valence-corrected chi connectivity index (χ1v) is 9.51. The molecule has 0 heterocycles. The van der Waals surface area contributed by atoms with Crippen LogP contribution in [0.3, 0.4) is 0 Å². The van der Waals surface area contributed by atoms with Gasteiger partial charge in [-0.25, -0.2) is 4.79 Å². The van der Waals surface area contributed by atoms with E-state index < -0.39 is 11.7 Å². The van der Waals surface area contributed by atoms with Gasteiger partial charge < -0.3 is 25.6 Å². The Morgan fingerprint density at radius 1 is 1.15 bits per heavy atom. The van der Waals surface area contributed by atoms with Crippen LogP contribution < -0.4 is 16.0 Å². The Kier molecular flexibility index (Phi) is 13.0. The molecule has 0 radical (unpaired) electrons. The summed E-state index contributed by atoms with van der Waals surface area (Å²) in [5, 5.41) is 9.19. The van der Waals surface area contributed by atoms with Crippen molar-refractivity contribution in [1.29, 1.82) is 0 Å². The molecular formula is C18H38IN5O2. The standard InChI is InChI=1S/C18H37N5O2.HI/c1-6-19-16(20-11-12-22-17(24)25-18(2,3)4)21-13-14-23(5)15-9-7-8-10-15;/h15H,6-14H2,1-5H3,(H,22,24)(H2,19,20,21);1H. The zero-order chi connectivity index (χ0) is 18.7. The van der Waals surface area contributed by atoms with Crippen molar-refractivity contribution in [2.45, 2.75) is 65.0 Å². The first-order valence-electron chi connectivity index (χ1n) is 9.51. The molecule has 1 aliphatic carbocycles. The van der Waals surface area contributed by atoms with Crippen molar-refractivity contribution in [3.63, 3.8) is 0 Å². The molecule has 1 saturated carbocycles. The summed E-state index contributed by atoms with van der Waals surface area (Å²) in [6.45, 7) is 11.2. The number of carbonyl (C=O) groups excluding carboxylic acids is 1. The zero-order valence-electron chi connectivity index (χ0n) is 17.1. The Hall–Kier alpha value is -0.770. The second-order valence-electron chi connectivity index (χ2n) is 7.53. The van der Waals surface area contributed by atoms with Gasteiger partial charge in [0.15, 0.2) is 5.96 Å². The quantitative estimate of drug-likeness (QED) is 0.214. The van der Waals surface area contributed by atoms with Crippen LogP contribution in [0.25, 0.3) is 0 Å². The number of carbonyl (C=O) groups is 1. The van der Waals surface area contributed by atoms with Crippen LogP contribution in [0.4, 0.5) is 4.79 Å². The number of hydrogen-bond donors (Lipinski definition) is 3. The molecule has 0 spiro atoms. The maximum absolute atomic E-state index is 11.6. The van der Waals surface area contributed by atoms with Gasteiger partial charge in [0, 0.05) is 32.2 Å². The van der Waals surface area contributed by atoms with Crippen molar-refractivity contribution < 1.29 is 9.53 Å². The summed E-state index contributed by atoms with van der Waals surface area (Å²) >= 11 is 0. The van der Waals surface area contributed by atoms with E-state index in [1.165, 1.54) is 25.7 Å². The molecule has 0 aromatic rings. The van der Waals surface area contributed by atoms with Crippen LogP contribution in [0.15, 0.2) is 4.99 Å². The van der Waals surface area contributed by atoms with Gasteiger partial charge in [-0.3, -0.25) is 4.99 Å². The van der Waals surface area contributed by atoms with Crippen LogP contribution in [0.1, 0.15) is 53.4 Å². The summed E-state index contributed by atoms with van der Waals surface area (Å²) in [4.78, 5) is 18.6. The molecular weight excluding hydrogens is 445 g/mol. The number of hydrogen-bond acceptors (Lipinski definition) is 4. The fourth-order valence-electron chi connectivity index (χ4n) is 2.85. The Morgan fingerprint density at radius 3 is 2.35 bits per heavy atom. The number of rotatable bonds is 8. The highest BCUT2D eigenvalue weighted by Crippen LogP contribution is 2.21. The van der Waals surface area contributed by atoms with Gasteiger partial charge in [-0.05, 0) is 47.6 Å². The number of alkyl carbamates (subject to hydrolysis) is 1. The zero-order valence-corrected chi connectivity index (χ0v) is 19.4. The average Bonchev–Trinajstić information content (AvgIpc) is 3.04. The van der Waals surface area contributed by atoms with E-state index >= 15 is 0 Å². The number of ether oxygens (including phenoxy) is 1. The minimum atomic E-state index is -0.473. The van der Waals surface area contributed by atoms with Crippen molar-refractivity contribution in [3.8, 4) is 0 Å². The molecule has 1 fully saturated rings. The smallest absolute Gasteiger partial charge is 0.407 e. The van der Waals surface area contributed by atoms with Crippen LogP contribution in [0, 0.1) is 0 Å². The molecule has 7 nitrogen and oxygen atoms in total. The molecule has 0 saturated heterocycles. The number of halogens is 1. The summed E-state index contributed by atoms with van der Waals surface area (Å²) in [6, 6.07) is 0.726. The fraction of sp³-hybridized carbons (Fsp3) is 0.889. The van der Waals surface area contributed by atoms with Gasteiger partial charge >= 0.3 is 6.09 Å². The number of amides is 1. The minimum absolute atomic E-state index is 0. The van der Waals surface area contributed by atoms with E-state index in [1.54, 1.807) is 0 Å². The van der Waals surface area contributed by atoms with E-state index in [0.29, 0.717) is 13.1 Å². The summed E-state index contributed by atoms with van der Waals surface area (Å²) in [5.41, 5.74) is -0.473. The molecule has 1 aliphatic rings. The number of nitrogens with one attached hydrogen (secondary N) is 3. The SMILES string of the molecule is CCNC(=NCCN(C)C1CCCC1)NCCNC(=O)OC(C)(C)C.I. The highest BCUT2D eigenvalue weighted by atomic mass is 127. The predicted octanol–water partition coefficient (Wildman–Crippen LogP) is 2.56. The van der Waals surface area contributed by atoms with Crippen molar-refractivity contribution in [3.05, 3.63) is 0 Å². The molecule has 0 aromatic heterocycles. The molecule has 1 rings (SSSR count). The first kappa shape index (κ1) is 25.2. The third-order valence-corrected chi connectivity index (χ3v) is 4.10. The van der Waals surface area contributed by atoms with Crippen molar-refractivity contribution in [2.24, 2.45) is 4.99 Å². The lowest BCUT2D eigenvalue weighted by molar-refractivity contribution is 0.0529. The Morgan fingerprint density at radius 2 is 1.77 bits per heavy atom. The van der Waals surface area contributed by atoms with Crippen LogP contribution in [0.5, 0.6) is 0 Å². The van der Waals surface area contributed by atoms with E-state index in [4.69, 9.17) is 4.74 Å². The molecule has 0 aromatic carbocycles. The molecule has 3 N–H and O–H groups in total. The molecule has 154 valence electrons. The maximum atomic E-state index is 11.6. The number of guanidine groups is 1. The third-order valence-electron chi connectivity index (χ3n) is 4.10. The topological polar surface area (TPSA) is 78.0 Å². The normalized spacial score (nSPS) is 15.5. The molecule has 8 heteroatoms. The van der Waals surface area contributed by atoms with Crippen LogP contribution in [-0.2, 0) is 4.74 Å². The van der Waals surface area contributed by atoms with Crippen LogP contribution in [0.2, 0.25) is 0 Å². The van der Waals surface area contributed by atoms with Gasteiger partial charge in [0.2, 0.25) is 0 Å². The summed E-state index contributed by atoms with van der Waals surface area (Å²) in [7, 11) is 2.19. The van der Waals surface area contributed by atoms with Gasteiger partial charge in [-0.2, -0.15) is 0 Å². The molecule has 0 aliphatic heterocycles. The minimum Gasteiger partial charge on any atom is -0.444 e. The monoisotopic (exact) mass is 483 g/mol. The van der Waals surface area contributed by atoms with Crippen LogP contribution >= 0.6 is 24.0 Å². The number of nitrogens with zero attached hydrogens (tertiary/aromatic N) is 2. The van der Waals surface area contributed by atoms with Crippen LogP contribution in [-0.4, -0.2) is 68.4 Å². The fourth-order valence-corrected chi connectivity index (χ4v) is 2.85. The summed E-state index contributed by atoms with van der Waals surface area (Å²) in [5.74, 6) is 0.785. The lowest BCUT2D eigenvalue weighted by atomic mass is 10.2. The number of aliphatic imine (C=N–C) groups is 1.